The minimum atomic E-state index is 0. The quantitative estimate of drug-likeness (QED) is 0.180. The zero-order valence-corrected chi connectivity index (χ0v) is 17.9. The lowest BCUT2D eigenvalue weighted by atomic mass is 10.3. The molecule has 1 rings (SSSR count). The number of halogens is 1. The molecule has 1 aromatic heterocycles. The highest BCUT2D eigenvalue weighted by Crippen LogP contribution is 2.15. The SMILES string of the molecule is C=CCCCN(C)C(=NCc1cccnc1OCCOC)NCC.I. The molecule has 0 radical (unpaired) electrons. The summed E-state index contributed by atoms with van der Waals surface area (Å²) in [5.74, 6) is 1.50. The van der Waals surface area contributed by atoms with Gasteiger partial charge in [0.1, 0.15) is 6.61 Å². The van der Waals surface area contributed by atoms with Crippen LogP contribution in [0.1, 0.15) is 25.3 Å². The van der Waals surface area contributed by atoms with Crippen molar-refractivity contribution in [2.75, 3.05) is 40.5 Å². The number of methoxy groups -OCH3 is 1. The number of nitrogens with zero attached hydrogens (tertiary/aromatic N) is 3. The molecule has 0 aromatic carbocycles. The van der Waals surface area contributed by atoms with Crippen molar-refractivity contribution in [2.24, 2.45) is 4.99 Å². The highest BCUT2D eigenvalue weighted by molar-refractivity contribution is 14.0. The standard InChI is InChI=1S/C18H30N4O2.HI/c1-5-7-8-12-22(3)18(19-6-2)21-15-16-10-9-11-20-17(16)24-14-13-23-4;/h5,9-11H,1,6-8,12-15H2,2-4H3,(H,19,21);1H. The van der Waals surface area contributed by atoms with Crippen LogP contribution < -0.4 is 10.1 Å². The number of aromatic nitrogens is 1. The van der Waals surface area contributed by atoms with Gasteiger partial charge in [-0.05, 0) is 25.8 Å². The third-order valence-corrected chi connectivity index (χ3v) is 3.37. The van der Waals surface area contributed by atoms with Gasteiger partial charge in [-0.15, -0.1) is 30.6 Å². The predicted molar refractivity (Wildman–Crippen MR) is 114 cm³/mol. The lowest BCUT2D eigenvalue weighted by Crippen LogP contribution is -2.39. The Labute approximate surface area is 168 Å². The molecule has 0 atom stereocenters. The monoisotopic (exact) mass is 462 g/mol. The molecule has 0 aliphatic carbocycles. The van der Waals surface area contributed by atoms with Gasteiger partial charge in [-0.2, -0.15) is 0 Å². The van der Waals surface area contributed by atoms with Gasteiger partial charge in [-0.25, -0.2) is 9.98 Å². The van der Waals surface area contributed by atoms with Crippen LogP contribution in [-0.2, 0) is 11.3 Å². The van der Waals surface area contributed by atoms with Crippen molar-refractivity contribution in [3.63, 3.8) is 0 Å². The summed E-state index contributed by atoms with van der Waals surface area (Å²) in [6.07, 6.45) is 5.73. The fourth-order valence-corrected chi connectivity index (χ4v) is 2.10. The molecular weight excluding hydrogens is 431 g/mol. The van der Waals surface area contributed by atoms with E-state index in [-0.39, 0.29) is 24.0 Å². The van der Waals surface area contributed by atoms with Crippen LogP contribution in [0.2, 0.25) is 0 Å². The summed E-state index contributed by atoms with van der Waals surface area (Å²) in [5, 5.41) is 3.32. The number of pyridine rings is 1. The first-order valence-corrected chi connectivity index (χ1v) is 8.38. The fraction of sp³-hybridized carbons (Fsp3) is 0.556. The Hall–Kier alpha value is -1.35. The average Bonchev–Trinajstić information content (AvgIpc) is 2.60. The highest BCUT2D eigenvalue weighted by atomic mass is 127. The maximum atomic E-state index is 5.66. The summed E-state index contributed by atoms with van der Waals surface area (Å²) >= 11 is 0. The van der Waals surface area contributed by atoms with Crippen LogP contribution in [0.15, 0.2) is 36.0 Å². The first-order chi connectivity index (χ1) is 11.7. The number of aliphatic imine (C=N–C) groups is 1. The van der Waals surface area contributed by atoms with Crippen molar-refractivity contribution >= 4 is 29.9 Å². The second-order valence-corrected chi connectivity index (χ2v) is 5.33. The Balaban J connectivity index is 0.00000576. The van der Waals surface area contributed by atoms with Gasteiger partial charge in [0.05, 0.1) is 13.2 Å². The minimum Gasteiger partial charge on any atom is -0.475 e. The largest absolute Gasteiger partial charge is 0.475 e. The molecule has 1 heterocycles. The molecule has 0 saturated carbocycles. The molecule has 0 aliphatic rings. The van der Waals surface area contributed by atoms with Gasteiger partial charge in [-0.1, -0.05) is 12.1 Å². The van der Waals surface area contributed by atoms with E-state index in [1.54, 1.807) is 13.3 Å². The molecule has 0 bridgehead atoms. The van der Waals surface area contributed by atoms with Crippen LogP contribution >= 0.6 is 24.0 Å². The van der Waals surface area contributed by atoms with Crippen LogP contribution in [0, 0.1) is 0 Å². The third-order valence-electron chi connectivity index (χ3n) is 3.37. The molecule has 0 spiro atoms. The Bertz CT molecular complexity index is 512. The van der Waals surface area contributed by atoms with E-state index in [4.69, 9.17) is 14.5 Å². The van der Waals surface area contributed by atoms with Crippen LogP contribution in [0.3, 0.4) is 0 Å². The number of guanidine groups is 1. The first-order valence-electron chi connectivity index (χ1n) is 8.38. The lowest BCUT2D eigenvalue weighted by molar-refractivity contribution is 0.143. The second-order valence-electron chi connectivity index (χ2n) is 5.33. The van der Waals surface area contributed by atoms with Crippen LogP contribution in [0.5, 0.6) is 5.88 Å². The Morgan fingerprint density at radius 2 is 2.24 bits per heavy atom. The zero-order valence-electron chi connectivity index (χ0n) is 15.5. The molecule has 0 amide bonds. The number of hydrogen-bond donors (Lipinski definition) is 1. The molecule has 0 aliphatic heterocycles. The van der Waals surface area contributed by atoms with Crippen LogP contribution in [-0.4, -0.2) is 56.3 Å². The second kappa shape index (κ2) is 14.9. The normalized spacial score (nSPS) is 10.8. The molecule has 7 heteroatoms. The van der Waals surface area contributed by atoms with E-state index >= 15 is 0 Å². The van der Waals surface area contributed by atoms with Crippen molar-refractivity contribution in [3.05, 3.63) is 36.5 Å². The van der Waals surface area contributed by atoms with Gasteiger partial charge in [0.2, 0.25) is 5.88 Å². The van der Waals surface area contributed by atoms with E-state index in [9.17, 15) is 0 Å². The van der Waals surface area contributed by atoms with E-state index in [0.29, 0.717) is 25.6 Å². The molecule has 6 nitrogen and oxygen atoms in total. The lowest BCUT2D eigenvalue weighted by Gasteiger charge is -2.22. The summed E-state index contributed by atoms with van der Waals surface area (Å²) in [6, 6.07) is 3.88. The number of nitrogens with one attached hydrogen (secondary N) is 1. The van der Waals surface area contributed by atoms with Crippen molar-refractivity contribution < 1.29 is 9.47 Å². The van der Waals surface area contributed by atoms with Gasteiger partial charge in [0.15, 0.2) is 5.96 Å². The van der Waals surface area contributed by atoms with E-state index in [1.807, 2.05) is 25.3 Å². The summed E-state index contributed by atoms with van der Waals surface area (Å²) < 4.78 is 10.7. The topological polar surface area (TPSA) is 59.0 Å². The maximum Gasteiger partial charge on any atom is 0.218 e. The molecule has 25 heavy (non-hydrogen) atoms. The molecule has 0 fully saturated rings. The number of hydrogen-bond acceptors (Lipinski definition) is 4. The summed E-state index contributed by atoms with van der Waals surface area (Å²) in [6.45, 7) is 9.12. The van der Waals surface area contributed by atoms with Crippen molar-refractivity contribution in [3.8, 4) is 5.88 Å². The Kier molecular flexibility index (Phi) is 14.1. The predicted octanol–water partition coefficient (Wildman–Crippen LogP) is 3.09. The first kappa shape index (κ1) is 23.6. The number of rotatable bonds is 11. The van der Waals surface area contributed by atoms with Gasteiger partial charge >= 0.3 is 0 Å². The van der Waals surface area contributed by atoms with Crippen LogP contribution in [0.4, 0.5) is 0 Å². The molecular formula is C18H31IN4O2. The molecule has 1 N–H and O–H groups in total. The summed E-state index contributed by atoms with van der Waals surface area (Å²) in [7, 11) is 3.70. The van der Waals surface area contributed by atoms with Crippen molar-refractivity contribution in [1.29, 1.82) is 0 Å². The summed E-state index contributed by atoms with van der Waals surface area (Å²) in [5.41, 5.74) is 0.962. The van der Waals surface area contributed by atoms with E-state index in [1.165, 1.54) is 0 Å². The zero-order chi connectivity index (χ0) is 17.6. The Morgan fingerprint density at radius 3 is 2.92 bits per heavy atom. The van der Waals surface area contributed by atoms with Gasteiger partial charge in [0, 0.05) is 39.0 Å². The molecule has 0 saturated heterocycles. The fourth-order valence-electron chi connectivity index (χ4n) is 2.10. The van der Waals surface area contributed by atoms with E-state index in [0.717, 1.165) is 37.5 Å². The summed E-state index contributed by atoms with van der Waals surface area (Å²) in [4.78, 5) is 11.1. The number of ether oxygens (including phenoxy) is 2. The smallest absolute Gasteiger partial charge is 0.218 e. The molecule has 142 valence electrons. The van der Waals surface area contributed by atoms with Gasteiger partial charge in [-0.3, -0.25) is 0 Å². The van der Waals surface area contributed by atoms with Crippen molar-refractivity contribution in [2.45, 2.75) is 26.3 Å². The van der Waals surface area contributed by atoms with Gasteiger partial charge < -0.3 is 19.7 Å². The van der Waals surface area contributed by atoms with E-state index < -0.39 is 0 Å². The maximum absolute atomic E-state index is 5.66. The molecule has 1 aromatic rings. The number of unbranched alkanes of at least 4 members (excludes halogenated alkanes) is 1. The average molecular weight is 462 g/mol. The van der Waals surface area contributed by atoms with Crippen LogP contribution in [0.25, 0.3) is 0 Å². The molecule has 0 unspecified atom stereocenters. The Morgan fingerprint density at radius 1 is 1.44 bits per heavy atom. The number of allylic oxidation sites excluding steroid dienone is 1. The van der Waals surface area contributed by atoms with E-state index in [2.05, 4.69) is 28.7 Å². The minimum absolute atomic E-state index is 0. The van der Waals surface area contributed by atoms with Gasteiger partial charge in [0.25, 0.3) is 0 Å². The third kappa shape index (κ3) is 9.64. The highest BCUT2D eigenvalue weighted by Gasteiger charge is 2.08. The van der Waals surface area contributed by atoms with Crippen molar-refractivity contribution in [1.82, 2.24) is 15.2 Å².